The molecular weight excluding hydrogens is 324 g/mol. The molecule has 0 radical (unpaired) electrons. The highest BCUT2D eigenvalue weighted by molar-refractivity contribution is 7.12. The van der Waals surface area contributed by atoms with Crippen molar-refractivity contribution in [2.24, 2.45) is 0 Å². The Bertz CT molecular complexity index is 654. The maximum Gasteiger partial charge on any atom is 0.261 e. The van der Waals surface area contributed by atoms with Crippen molar-refractivity contribution in [3.63, 3.8) is 0 Å². The van der Waals surface area contributed by atoms with E-state index in [1.54, 1.807) is 7.11 Å². The Morgan fingerprint density at radius 3 is 2.88 bits per heavy atom. The van der Waals surface area contributed by atoms with Gasteiger partial charge in [-0.3, -0.25) is 9.69 Å². The molecule has 1 fully saturated rings. The molecule has 1 atom stereocenters. The highest BCUT2D eigenvalue weighted by atomic mass is 32.1. The van der Waals surface area contributed by atoms with Gasteiger partial charge in [-0.25, -0.2) is 0 Å². The maximum atomic E-state index is 12.3. The second-order valence-electron chi connectivity index (χ2n) is 5.63. The lowest BCUT2D eigenvalue weighted by Crippen LogP contribution is -2.43. The molecule has 1 saturated heterocycles. The average Bonchev–Trinajstić information content (AvgIpc) is 3.18. The van der Waals surface area contributed by atoms with Crippen LogP contribution in [-0.4, -0.2) is 50.8 Å². The lowest BCUT2D eigenvalue weighted by atomic mass is 10.0. The number of carbonyl (C=O) groups excluding carboxylic acids is 1. The van der Waals surface area contributed by atoms with E-state index in [1.165, 1.54) is 11.3 Å². The van der Waals surface area contributed by atoms with E-state index in [0.717, 1.165) is 42.5 Å². The summed E-state index contributed by atoms with van der Waals surface area (Å²) >= 11 is 1.45. The number of hydrogen-bond acceptors (Lipinski definition) is 5. The van der Waals surface area contributed by atoms with Crippen LogP contribution in [0.2, 0.25) is 0 Å². The van der Waals surface area contributed by atoms with Crippen molar-refractivity contribution in [2.75, 3.05) is 40.0 Å². The van der Waals surface area contributed by atoms with Gasteiger partial charge in [0.25, 0.3) is 5.91 Å². The van der Waals surface area contributed by atoms with E-state index in [-0.39, 0.29) is 11.9 Å². The number of benzene rings is 1. The molecule has 0 spiro atoms. The minimum absolute atomic E-state index is 0.0221. The Balaban J connectivity index is 1.75. The van der Waals surface area contributed by atoms with Crippen molar-refractivity contribution >= 4 is 17.2 Å². The average molecular weight is 346 g/mol. The first-order chi connectivity index (χ1) is 11.8. The molecule has 6 heteroatoms. The standard InChI is InChI=1S/C18H22N2O3S/c1-22-15-5-2-4-14(12-15)16(20-7-9-23-10-8-20)13-19-18(21)17-6-3-11-24-17/h2-6,11-12,16H,7-10,13H2,1H3,(H,19,21). The molecular formula is C18H22N2O3S. The molecule has 2 heterocycles. The predicted molar refractivity (Wildman–Crippen MR) is 94.8 cm³/mol. The lowest BCUT2D eigenvalue weighted by Gasteiger charge is -2.35. The van der Waals surface area contributed by atoms with Crippen LogP contribution in [-0.2, 0) is 4.74 Å². The minimum atomic E-state index is -0.0221. The van der Waals surface area contributed by atoms with E-state index in [4.69, 9.17) is 9.47 Å². The molecule has 0 bridgehead atoms. The van der Waals surface area contributed by atoms with Gasteiger partial charge in [-0.15, -0.1) is 11.3 Å². The zero-order chi connectivity index (χ0) is 16.8. The number of thiophene rings is 1. The molecule has 3 rings (SSSR count). The quantitative estimate of drug-likeness (QED) is 0.873. The number of nitrogens with one attached hydrogen (secondary N) is 1. The van der Waals surface area contributed by atoms with Gasteiger partial charge in [-0.05, 0) is 29.1 Å². The molecule has 2 aromatic rings. The van der Waals surface area contributed by atoms with Crippen molar-refractivity contribution in [3.8, 4) is 5.75 Å². The van der Waals surface area contributed by atoms with Crippen LogP contribution in [0.4, 0.5) is 0 Å². The number of morpholine rings is 1. The van der Waals surface area contributed by atoms with Crippen LogP contribution in [0.15, 0.2) is 41.8 Å². The zero-order valence-electron chi connectivity index (χ0n) is 13.7. The second-order valence-corrected chi connectivity index (χ2v) is 6.58. The van der Waals surface area contributed by atoms with E-state index >= 15 is 0 Å². The van der Waals surface area contributed by atoms with Gasteiger partial charge < -0.3 is 14.8 Å². The number of methoxy groups -OCH3 is 1. The number of rotatable bonds is 6. The van der Waals surface area contributed by atoms with Gasteiger partial charge in [0, 0.05) is 19.6 Å². The number of ether oxygens (including phenoxy) is 2. The smallest absolute Gasteiger partial charge is 0.261 e. The third-order valence-corrected chi connectivity index (χ3v) is 5.03. The summed E-state index contributed by atoms with van der Waals surface area (Å²) in [6.07, 6.45) is 0. The van der Waals surface area contributed by atoms with Crippen LogP contribution in [0.1, 0.15) is 21.3 Å². The Hall–Kier alpha value is -1.89. The van der Waals surface area contributed by atoms with Crippen LogP contribution >= 0.6 is 11.3 Å². The van der Waals surface area contributed by atoms with Crippen molar-refractivity contribution in [3.05, 3.63) is 52.2 Å². The highest BCUT2D eigenvalue weighted by Gasteiger charge is 2.23. The van der Waals surface area contributed by atoms with Crippen LogP contribution < -0.4 is 10.1 Å². The molecule has 1 aliphatic rings. The fourth-order valence-electron chi connectivity index (χ4n) is 2.88. The monoisotopic (exact) mass is 346 g/mol. The second kappa shape index (κ2) is 8.28. The SMILES string of the molecule is COc1cccc(C(CNC(=O)c2cccs2)N2CCOCC2)c1. The summed E-state index contributed by atoms with van der Waals surface area (Å²) in [5.41, 5.74) is 1.14. The molecule has 128 valence electrons. The molecule has 1 aromatic heterocycles. The first kappa shape index (κ1) is 17.0. The normalized spacial score (nSPS) is 16.5. The summed E-state index contributed by atoms with van der Waals surface area (Å²) in [5, 5.41) is 4.98. The molecule has 24 heavy (non-hydrogen) atoms. The molecule has 1 N–H and O–H groups in total. The Labute approximate surface area is 146 Å². The molecule has 1 amide bonds. The van der Waals surface area contributed by atoms with Crippen molar-refractivity contribution in [1.29, 1.82) is 0 Å². The van der Waals surface area contributed by atoms with Crippen LogP contribution in [0, 0.1) is 0 Å². The van der Waals surface area contributed by atoms with E-state index in [2.05, 4.69) is 16.3 Å². The van der Waals surface area contributed by atoms with Gasteiger partial charge in [-0.2, -0.15) is 0 Å². The van der Waals surface area contributed by atoms with Crippen LogP contribution in [0.3, 0.4) is 0 Å². The van der Waals surface area contributed by atoms with E-state index in [1.807, 2.05) is 35.7 Å². The molecule has 1 aromatic carbocycles. The summed E-state index contributed by atoms with van der Waals surface area (Å²) in [4.78, 5) is 15.4. The summed E-state index contributed by atoms with van der Waals surface area (Å²) in [5.74, 6) is 0.807. The van der Waals surface area contributed by atoms with E-state index < -0.39 is 0 Å². The topological polar surface area (TPSA) is 50.8 Å². The largest absolute Gasteiger partial charge is 0.497 e. The van der Waals surface area contributed by atoms with E-state index in [9.17, 15) is 4.79 Å². The zero-order valence-corrected chi connectivity index (χ0v) is 14.6. The van der Waals surface area contributed by atoms with E-state index in [0.29, 0.717) is 6.54 Å². The number of amides is 1. The molecule has 0 saturated carbocycles. The predicted octanol–water partition coefficient (Wildman–Crippen LogP) is 2.56. The van der Waals surface area contributed by atoms with Crippen LogP contribution in [0.25, 0.3) is 0 Å². The summed E-state index contributed by atoms with van der Waals surface area (Å²) in [6, 6.07) is 11.9. The van der Waals surface area contributed by atoms with Gasteiger partial charge in [0.15, 0.2) is 0 Å². The van der Waals surface area contributed by atoms with Crippen LogP contribution in [0.5, 0.6) is 5.75 Å². The Morgan fingerprint density at radius 2 is 2.17 bits per heavy atom. The first-order valence-corrected chi connectivity index (χ1v) is 8.93. The fourth-order valence-corrected chi connectivity index (χ4v) is 3.52. The summed E-state index contributed by atoms with van der Waals surface area (Å²) < 4.78 is 10.8. The van der Waals surface area contributed by atoms with Gasteiger partial charge in [-0.1, -0.05) is 18.2 Å². The first-order valence-electron chi connectivity index (χ1n) is 8.05. The van der Waals surface area contributed by atoms with Gasteiger partial charge in [0.1, 0.15) is 5.75 Å². The highest BCUT2D eigenvalue weighted by Crippen LogP contribution is 2.25. The summed E-state index contributed by atoms with van der Waals surface area (Å²) in [7, 11) is 1.67. The van der Waals surface area contributed by atoms with Crippen molar-refractivity contribution in [2.45, 2.75) is 6.04 Å². The van der Waals surface area contributed by atoms with Gasteiger partial charge in [0.05, 0.1) is 31.2 Å². The fraction of sp³-hybridized carbons (Fsp3) is 0.389. The van der Waals surface area contributed by atoms with Crippen molar-refractivity contribution in [1.82, 2.24) is 10.2 Å². The van der Waals surface area contributed by atoms with Gasteiger partial charge in [0.2, 0.25) is 0 Å². The van der Waals surface area contributed by atoms with Crippen molar-refractivity contribution < 1.29 is 14.3 Å². The number of carbonyl (C=O) groups is 1. The number of hydrogen-bond donors (Lipinski definition) is 1. The maximum absolute atomic E-state index is 12.3. The molecule has 5 nitrogen and oxygen atoms in total. The molecule has 0 aliphatic carbocycles. The summed E-state index contributed by atoms with van der Waals surface area (Å²) in [6.45, 7) is 3.72. The third kappa shape index (κ3) is 4.14. The Morgan fingerprint density at radius 1 is 1.33 bits per heavy atom. The van der Waals surface area contributed by atoms with Gasteiger partial charge >= 0.3 is 0 Å². The Kier molecular flexibility index (Phi) is 5.85. The lowest BCUT2D eigenvalue weighted by molar-refractivity contribution is 0.0162. The minimum Gasteiger partial charge on any atom is -0.497 e. The third-order valence-electron chi connectivity index (χ3n) is 4.17. The molecule has 1 unspecified atom stereocenters. The number of nitrogens with zero attached hydrogens (tertiary/aromatic N) is 1. The molecule has 1 aliphatic heterocycles.